The number of para-hydroxylation sites is 1. The van der Waals surface area contributed by atoms with Crippen LogP contribution in [0.15, 0.2) is 28.6 Å². The van der Waals surface area contributed by atoms with Crippen LogP contribution in [-0.2, 0) is 27.2 Å². The number of thiazole rings is 1. The first-order valence-corrected chi connectivity index (χ1v) is 12.8. The fourth-order valence-corrected chi connectivity index (χ4v) is 7.79. The van der Waals surface area contributed by atoms with Crippen LogP contribution >= 0.6 is 34.4 Å². The van der Waals surface area contributed by atoms with Crippen molar-refractivity contribution in [1.29, 1.82) is 0 Å². The van der Waals surface area contributed by atoms with Crippen LogP contribution in [0.5, 0.6) is 0 Å². The maximum atomic E-state index is 13.3. The first-order valence-electron chi connectivity index (χ1n) is 10.3. The molecule has 0 spiro atoms. The van der Waals surface area contributed by atoms with E-state index in [-0.39, 0.29) is 24.8 Å². The molecular formula is C22H20N2O4S3. The molecule has 0 bridgehead atoms. The molecule has 1 fully saturated rings. The summed E-state index contributed by atoms with van der Waals surface area (Å²) in [6.45, 7) is 2.01. The number of nitrogens with zero attached hydrogens (tertiary/aromatic N) is 2. The molecule has 3 aromatic rings. The van der Waals surface area contributed by atoms with Crippen molar-refractivity contribution in [3.63, 3.8) is 0 Å². The molecule has 9 heteroatoms. The van der Waals surface area contributed by atoms with Gasteiger partial charge in [0.25, 0.3) is 0 Å². The first-order chi connectivity index (χ1) is 15.1. The van der Waals surface area contributed by atoms with Crippen molar-refractivity contribution in [2.24, 2.45) is 0 Å². The van der Waals surface area contributed by atoms with Crippen molar-refractivity contribution in [1.82, 2.24) is 4.98 Å². The lowest BCUT2D eigenvalue weighted by atomic mass is 9.95. The Balaban J connectivity index is 1.47. The van der Waals surface area contributed by atoms with Gasteiger partial charge in [-0.2, -0.15) is 0 Å². The number of hydrogen-bond acceptors (Lipinski definition) is 8. The third-order valence-electron chi connectivity index (χ3n) is 5.46. The molecule has 0 N–H and O–H groups in total. The van der Waals surface area contributed by atoms with E-state index in [9.17, 15) is 14.4 Å². The summed E-state index contributed by atoms with van der Waals surface area (Å²) in [5.74, 6) is -0.995. The third-order valence-corrected chi connectivity index (χ3v) is 9.05. The minimum atomic E-state index is -0.540. The van der Waals surface area contributed by atoms with Gasteiger partial charge in [0.05, 0.1) is 22.4 Å². The van der Waals surface area contributed by atoms with Crippen molar-refractivity contribution in [2.75, 3.05) is 11.5 Å². The van der Waals surface area contributed by atoms with Crippen molar-refractivity contribution in [3.05, 3.63) is 40.3 Å². The molecule has 1 aromatic carbocycles. The minimum absolute atomic E-state index is 0.101. The van der Waals surface area contributed by atoms with Gasteiger partial charge in [-0.15, -0.1) is 22.7 Å². The molecule has 1 aliphatic heterocycles. The number of esters is 1. The van der Waals surface area contributed by atoms with Crippen LogP contribution in [0.1, 0.15) is 47.0 Å². The van der Waals surface area contributed by atoms with Gasteiger partial charge >= 0.3 is 5.97 Å². The number of thioether (sulfide) groups is 1. The molecule has 2 aromatic heterocycles. The number of carbonyl (C=O) groups excluding carboxylic acids is 3. The quantitative estimate of drug-likeness (QED) is 0.391. The smallest absolute Gasteiger partial charge is 0.341 e. The largest absolute Gasteiger partial charge is 0.462 e. The van der Waals surface area contributed by atoms with E-state index < -0.39 is 11.2 Å². The van der Waals surface area contributed by atoms with Crippen LogP contribution in [0.2, 0.25) is 0 Å². The summed E-state index contributed by atoms with van der Waals surface area (Å²) in [5.41, 5.74) is 2.25. The van der Waals surface area contributed by atoms with Crippen molar-refractivity contribution in [3.8, 4) is 0 Å². The lowest BCUT2D eigenvalue weighted by Gasteiger charge is -2.15. The Bertz CT molecular complexity index is 1170. The number of thiophene rings is 1. The average Bonchev–Trinajstić information content (AvgIpc) is 3.41. The lowest BCUT2D eigenvalue weighted by Crippen LogP contribution is -2.32. The molecule has 6 nitrogen and oxygen atoms in total. The normalized spacial score (nSPS) is 18.6. The Morgan fingerprint density at radius 3 is 2.84 bits per heavy atom. The van der Waals surface area contributed by atoms with E-state index >= 15 is 0 Å². The SMILES string of the molecule is CCOC(=O)c1c(N2C(=O)C[C@@H](Sc3nc4ccccc4s3)C2=O)sc2c1CCCC2. The molecule has 0 radical (unpaired) electrons. The summed E-state index contributed by atoms with van der Waals surface area (Å²) < 4.78 is 7.10. The van der Waals surface area contributed by atoms with E-state index in [1.165, 1.54) is 39.3 Å². The Morgan fingerprint density at radius 1 is 1.23 bits per heavy atom. The highest BCUT2D eigenvalue weighted by Crippen LogP contribution is 2.44. The number of carbonyl (C=O) groups is 3. The Kier molecular flexibility index (Phi) is 5.58. The molecule has 2 amide bonds. The van der Waals surface area contributed by atoms with Gasteiger partial charge in [-0.25, -0.2) is 14.7 Å². The summed E-state index contributed by atoms with van der Waals surface area (Å²) in [5, 5.41) is -0.102. The lowest BCUT2D eigenvalue weighted by molar-refractivity contribution is -0.121. The highest BCUT2D eigenvalue weighted by molar-refractivity contribution is 8.02. The van der Waals surface area contributed by atoms with E-state index in [1.54, 1.807) is 6.92 Å². The molecule has 160 valence electrons. The Labute approximate surface area is 191 Å². The highest BCUT2D eigenvalue weighted by Gasteiger charge is 2.44. The van der Waals surface area contributed by atoms with Crippen molar-refractivity contribution in [2.45, 2.75) is 48.6 Å². The zero-order valence-electron chi connectivity index (χ0n) is 16.9. The molecule has 1 aliphatic carbocycles. The van der Waals surface area contributed by atoms with Crippen LogP contribution in [0.25, 0.3) is 10.2 Å². The third kappa shape index (κ3) is 3.68. The van der Waals surface area contributed by atoms with Gasteiger partial charge in [0.15, 0.2) is 4.34 Å². The van der Waals surface area contributed by atoms with E-state index in [0.29, 0.717) is 10.6 Å². The molecule has 2 aliphatic rings. The summed E-state index contributed by atoms with van der Waals surface area (Å²) >= 11 is 4.24. The van der Waals surface area contributed by atoms with Gasteiger partial charge in [0.2, 0.25) is 11.8 Å². The second kappa shape index (κ2) is 8.37. The van der Waals surface area contributed by atoms with E-state index in [4.69, 9.17) is 4.74 Å². The van der Waals surface area contributed by atoms with E-state index in [1.807, 2.05) is 24.3 Å². The molecule has 1 saturated heterocycles. The average molecular weight is 473 g/mol. The number of aromatic nitrogens is 1. The molecule has 5 rings (SSSR count). The minimum Gasteiger partial charge on any atom is -0.462 e. The topological polar surface area (TPSA) is 76.6 Å². The molecular weight excluding hydrogens is 452 g/mol. The number of anilines is 1. The molecule has 1 atom stereocenters. The highest BCUT2D eigenvalue weighted by atomic mass is 32.2. The fraction of sp³-hybridized carbons (Fsp3) is 0.364. The fourth-order valence-electron chi connectivity index (χ4n) is 4.06. The number of amides is 2. The molecule has 0 unspecified atom stereocenters. The predicted molar refractivity (Wildman–Crippen MR) is 123 cm³/mol. The number of benzene rings is 1. The van der Waals surface area contributed by atoms with Gasteiger partial charge in [0.1, 0.15) is 10.3 Å². The summed E-state index contributed by atoms with van der Waals surface area (Å²) in [6.07, 6.45) is 3.79. The maximum Gasteiger partial charge on any atom is 0.341 e. The number of aryl methyl sites for hydroxylation is 1. The van der Waals surface area contributed by atoms with Crippen LogP contribution < -0.4 is 4.90 Å². The Morgan fingerprint density at radius 2 is 2.03 bits per heavy atom. The van der Waals surface area contributed by atoms with E-state index in [2.05, 4.69) is 4.98 Å². The van der Waals surface area contributed by atoms with Crippen LogP contribution in [0, 0.1) is 0 Å². The summed E-state index contributed by atoms with van der Waals surface area (Å²) in [4.78, 5) is 45.9. The zero-order chi connectivity index (χ0) is 21.5. The predicted octanol–water partition coefficient (Wildman–Crippen LogP) is 4.84. The van der Waals surface area contributed by atoms with Gasteiger partial charge in [-0.1, -0.05) is 23.9 Å². The second-order valence-corrected chi connectivity index (χ2v) is 11.0. The Hall–Kier alpha value is -2.23. The zero-order valence-corrected chi connectivity index (χ0v) is 19.3. The van der Waals surface area contributed by atoms with Crippen LogP contribution in [0.4, 0.5) is 5.00 Å². The molecule has 31 heavy (non-hydrogen) atoms. The second-order valence-electron chi connectivity index (χ2n) is 7.44. The summed E-state index contributed by atoms with van der Waals surface area (Å²) in [6, 6.07) is 7.81. The molecule has 3 heterocycles. The summed E-state index contributed by atoms with van der Waals surface area (Å²) in [7, 11) is 0. The van der Waals surface area contributed by atoms with Crippen molar-refractivity contribution >= 4 is 67.4 Å². The number of fused-ring (bicyclic) bond motifs is 2. The number of imide groups is 1. The first kappa shape index (κ1) is 20.7. The van der Waals surface area contributed by atoms with Gasteiger partial charge in [-0.3, -0.25) is 9.59 Å². The van der Waals surface area contributed by atoms with Crippen LogP contribution in [0.3, 0.4) is 0 Å². The number of hydrogen-bond donors (Lipinski definition) is 0. The standard InChI is InChI=1S/C22H20N2O4S3/c1-2-28-21(27)18-12-7-3-5-9-14(12)29-20(18)24-17(25)11-16(19(24)26)31-22-23-13-8-4-6-10-15(13)30-22/h4,6,8,10,16H,2-3,5,7,9,11H2,1H3/t16-/m1/s1. The van der Waals surface area contributed by atoms with Gasteiger partial charge in [0, 0.05) is 11.3 Å². The van der Waals surface area contributed by atoms with Crippen LogP contribution in [-0.4, -0.2) is 34.6 Å². The number of rotatable bonds is 5. The van der Waals surface area contributed by atoms with Gasteiger partial charge < -0.3 is 4.74 Å². The number of ether oxygens (including phenoxy) is 1. The maximum absolute atomic E-state index is 13.3. The van der Waals surface area contributed by atoms with Gasteiger partial charge in [-0.05, 0) is 50.3 Å². The monoisotopic (exact) mass is 472 g/mol. The van der Waals surface area contributed by atoms with E-state index in [0.717, 1.165) is 50.7 Å². The van der Waals surface area contributed by atoms with Crippen molar-refractivity contribution < 1.29 is 19.1 Å². The molecule has 0 saturated carbocycles.